The number of aromatic nitrogens is 2. The van der Waals surface area contributed by atoms with Gasteiger partial charge in [-0.2, -0.15) is 0 Å². The molecule has 0 radical (unpaired) electrons. The second kappa shape index (κ2) is 9.04. The fourth-order valence-electron chi connectivity index (χ4n) is 3.37. The fraction of sp³-hybridized carbons (Fsp3) is 0.120. The van der Waals surface area contributed by atoms with Crippen LogP contribution in [0.25, 0.3) is 11.0 Å². The summed E-state index contributed by atoms with van der Waals surface area (Å²) in [5, 5.41) is 5.61. The molecule has 33 heavy (non-hydrogen) atoms. The molecule has 0 aliphatic rings. The maximum Gasteiger partial charge on any atom is 0.261 e. The van der Waals surface area contributed by atoms with Crippen molar-refractivity contribution >= 4 is 34.2 Å². The molecule has 0 aliphatic heterocycles. The van der Waals surface area contributed by atoms with Crippen molar-refractivity contribution in [3.05, 3.63) is 99.7 Å². The lowest BCUT2D eigenvalue weighted by atomic mass is 10.1. The van der Waals surface area contributed by atoms with Crippen LogP contribution < -0.4 is 16.1 Å². The minimum Gasteiger partial charge on any atom is -0.325 e. The molecule has 0 aliphatic carbocycles. The summed E-state index contributed by atoms with van der Waals surface area (Å²) < 4.78 is 14.6. The number of benzene rings is 2. The highest BCUT2D eigenvalue weighted by Gasteiger charge is 2.18. The van der Waals surface area contributed by atoms with Crippen molar-refractivity contribution in [2.24, 2.45) is 0 Å². The molecule has 4 aromatic rings. The Morgan fingerprint density at radius 3 is 2.24 bits per heavy atom. The van der Waals surface area contributed by atoms with Gasteiger partial charge in [-0.25, -0.2) is 9.37 Å². The van der Waals surface area contributed by atoms with Crippen LogP contribution in [-0.2, 0) is 11.3 Å². The number of nitrogens with one attached hydrogen (secondary N) is 2. The first-order chi connectivity index (χ1) is 15.8. The Hall–Kier alpha value is -4.33. The van der Waals surface area contributed by atoms with Crippen molar-refractivity contribution in [2.45, 2.75) is 20.4 Å². The first kappa shape index (κ1) is 21.9. The van der Waals surface area contributed by atoms with Crippen molar-refractivity contribution in [1.82, 2.24) is 9.55 Å². The molecule has 7 nitrogen and oxygen atoms in total. The summed E-state index contributed by atoms with van der Waals surface area (Å²) in [4.78, 5) is 43.0. The van der Waals surface area contributed by atoms with Crippen LogP contribution >= 0.6 is 0 Å². The van der Waals surface area contributed by atoms with E-state index in [0.717, 1.165) is 5.56 Å². The first-order valence-electron chi connectivity index (χ1n) is 10.2. The monoisotopic (exact) mass is 444 g/mol. The number of anilines is 2. The number of halogens is 1. The molecule has 2 amide bonds. The molecule has 8 heteroatoms. The average molecular weight is 444 g/mol. The highest BCUT2D eigenvalue weighted by Crippen LogP contribution is 2.15. The molecule has 0 saturated heterocycles. The summed E-state index contributed by atoms with van der Waals surface area (Å²) in [6.45, 7) is 3.57. The second-order valence-electron chi connectivity index (χ2n) is 7.70. The van der Waals surface area contributed by atoms with Gasteiger partial charge in [0.25, 0.3) is 5.91 Å². The first-order valence-corrected chi connectivity index (χ1v) is 10.2. The number of nitrogens with zero attached hydrogens (tertiary/aromatic N) is 2. The van der Waals surface area contributed by atoms with Gasteiger partial charge in [0.2, 0.25) is 11.3 Å². The van der Waals surface area contributed by atoms with Gasteiger partial charge in [-0.1, -0.05) is 17.7 Å². The third-order valence-electron chi connectivity index (χ3n) is 5.06. The van der Waals surface area contributed by atoms with E-state index in [9.17, 15) is 18.8 Å². The molecule has 0 unspecified atom stereocenters. The van der Waals surface area contributed by atoms with Gasteiger partial charge in [-0.3, -0.25) is 14.4 Å². The van der Waals surface area contributed by atoms with E-state index in [-0.39, 0.29) is 23.4 Å². The summed E-state index contributed by atoms with van der Waals surface area (Å²) in [5.41, 5.74) is 2.35. The van der Waals surface area contributed by atoms with Gasteiger partial charge in [0.1, 0.15) is 23.6 Å². The number of fused-ring (bicyclic) bond motifs is 1. The van der Waals surface area contributed by atoms with Crippen molar-refractivity contribution in [1.29, 1.82) is 0 Å². The van der Waals surface area contributed by atoms with Crippen molar-refractivity contribution < 1.29 is 14.0 Å². The third-order valence-corrected chi connectivity index (χ3v) is 5.06. The number of amides is 2. The minimum absolute atomic E-state index is 0.152. The zero-order valence-corrected chi connectivity index (χ0v) is 18.1. The van der Waals surface area contributed by atoms with E-state index in [1.165, 1.54) is 35.0 Å². The predicted molar refractivity (Wildman–Crippen MR) is 125 cm³/mol. The Labute approximate surface area is 188 Å². The van der Waals surface area contributed by atoms with Crippen LogP contribution in [0, 0.1) is 19.7 Å². The Balaban J connectivity index is 1.69. The number of carbonyl (C=O) groups excluding carboxylic acids is 2. The number of pyridine rings is 2. The molecule has 0 fully saturated rings. The van der Waals surface area contributed by atoms with E-state index in [1.54, 1.807) is 31.2 Å². The standard InChI is InChI=1S/C25H21FN4O3/c1-15-3-8-18(9-4-15)28-22(31)14-30-13-21(23(32)20-12-5-16(2)27-24(20)30)25(33)29-19-10-6-17(26)7-11-19/h3-13H,14H2,1-2H3,(H,28,31)(H,29,33). The van der Waals surface area contributed by atoms with Crippen LogP contribution in [0.2, 0.25) is 0 Å². The normalized spacial score (nSPS) is 10.8. The van der Waals surface area contributed by atoms with E-state index < -0.39 is 17.2 Å². The molecule has 2 aromatic heterocycles. The number of aryl methyl sites for hydroxylation is 2. The average Bonchev–Trinajstić information content (AvgIpc) is 2.78. The topological polar surface area (TPSA) is 93.1 Å². The van der Waals surface area contributed by atoms with Gasteiger partial charge in [0, 0.05) is 23.3 Å². The molecule has 0 bridgehead atoms. The lowest BCUT2D eigenvalue weighted by molar-refractivity contribution is -0.116. The smallest absolute Gasteiger partial charge is 0.261 e. The Morgan fingerprint density at radius 2 is 1.55 bits per heavy atom. The van der Waals surface area contributed by atoms with Gasteiger partial charge >= 0.3 is 0 Å². The Bertz CT molecular complexity index is 1410. The Kier molecular flexibility index (Phi) is 5.99. The number of carbonyl (C=O) groups is 2. The van der Waals surface area contributed by atoms with E-state index in [4.69, 9.17) is 0 Å². The SMILES string of the molecule is Cc1ccc(NC(=O)Cn2cc(C(=O)Nc3ccc(F)cc3)c(=O)c3ccc(C)nc32)cc1. The molecule has 2 heterocycles. The highest BCUT2D eigenvalue weighted by atomic mass is 19.1. The molecule has 2 aromatic carbocycles. The fourth-order valence-corrected chi connectivity index (χ4v) is 3.37. The molecule has 0 spiro atoms. The summed E-state index contributed by atoms with van der Waals surface area (Å²) in [6.07, 6.45) is 1.32. The van der Waals surface area contributed by atoms with Crippen LogP contribution in [-0.4, -0.2) is 21.4 Å². The van der Waals surface area contributed by atoms with Gasteiger partial charge in [0.15, 0.2) is 0 Å². The van der Waals surface area contributed by atoms with Gasteiger partial charge in [0.05, 0.1) is 5.39 Å². The highest BCUT2D eigenvalue weighted by molar-refractivity contribution is 6.05. The van der Waals surface area contributed by atoms with Crippen LogP contribution in [0.1, 0.15) is 21.6 Å². The molecule has 0 saturated carbocycles. The molecular formula is C25H21FN4O3. The summed E-state index contributed by atoms with van der Waals surface area (Å²) in [6, 6.07) is 15.8. The summed E-state index contributed by atoms with van der Waals surface area (Å²) in [5.74, 6) is -1.44. The van der Waals surface area contributed by atoms with E-state index >= 15 is 0 Å². The van der Waals surface area contributed by atoms with Crippen molar-refractivity contribution in [2.75, 3.05) is 10.6 Å². The van der Waals surface area contributed by atoms with Crippen LogP contribution in [0.3, 0.4) is 0 Å². The number of rotatable bonds is 5. The third kappa shape index (κ3) is 4.95. The van der Waals surface area contributed by atoms with Gasteiger partial charge in [-0.15, -0.1) is 0 Å². The predicted octanol–water partition coefficient (Wildman–Crippen LogP) is 4.04. The lowest BCUT2D eigenvalue weighted by Crippen LogP contribution is -2.27. The van der Waals surface area contributed by atoms with E-state index in [2.05, 4.69) is 15.6 Å². The van der Waals surface area contributed by atoms with Crippen LogP contribution in [0.15, 0.2) is 71.7 Å². The molecule has 4 rings (SSSR count). The molecular weight excluding hydrogens is 423 g/mol. The van der Waals surface area contributed by atoms with Crippen molar-refractivity contribution in [3.8, 4) is 0 Å². The maximum atomic E-state index is 13.2. The maximum absolute atomic E-state index is 13.2. The van der Waals surface area contributed by atoms with Crippen LogP contribution in [0.4, 0.5) is 15.8 Å². The Morgan fingerprint density at radius 1 is 0.909 bits per heavy atom. The zero-order chi connectivity index (χ0) is 23.5. The minimum atomic E-state index is -0.665. The lowest BCUT2D eigenvalue weighted by Gasteiger charge is -2.14. The molecule has 0 atom stereocenters. The van der Waals surface area contributed by atoms with Crippen LogP contribution in [0.5, 0.6) is 0 Å². The summed E-state index contributed by atoms with van der Waals surface area (Å²) >= 11 is 0. The van der Waals surface area contributed by atoms with E-state index in [1.807, 2.05) is 19.1 Å². The van der Waals surface area contributed by atoms with Gasteiger partial charge < -0.3 is 15.2 Å². The summed E-state index contributed by atoms with van der Waals surface area (Å²) in [7, 11) is 0. The number of hydrogen-bond donors (Lipinski definition) is 2. The van der Waals surface area contributed by atoms with Crippen molar-refractivity contribution in [3.63, 3.8) is 0 Å². The zero-order valence-electron chi connectivity index (χ0n) is 18.1. The number of hydrogen-bond acceptors (Lipinski definition) is 4. The second-order valence-corrected chi connectivity index (χ2v) is 7.70. The van der Waals surface area contributed by atoms with Gasteiger partial charge in [-0.05, 0) is 62.4 Å². The molecule has 166 valence electrons. The largest absolute Gasteiger partial charge is 0.325 e. The molecule has 2 N–H and O–H groups in total. The quantitative estimate of drug-likeness (QED) is 0.486. The van der Waals surface area contributed by atoms with E-state index in [0.29, 0.717) is 22.7 Å².